The van der Waals surface area contributed by atoms with E-state index in [-0.39, 0.29) is 5.78 Å². The van der Waals surface area contributed by atoms with Crippen LogP contribution in [0.25, 0.3) is 0 Å². The Morgan fingerprint density at radius 1 is 1.45 bits per heavy atom. The summed E-state index contributed by atoms with van der Waals surface area (Å²) in [4.78, 5) is 11.1. The highest BCUT2D eigenvalue weighted by Crippen LogP contribution is 2.02. The highest BCUT2D eigenvalue weighted by atomic mass is 16.1. The smallest absolute Gasteiger partial charge is 0.178 e. The maximum Gasteiger partial charge on any atom is 0.178 e. The molecule has 0 radical (unpaired) electrons. The number of rotatable bonds is 5. The minimum absolute atomic E-state index is 0.0842. The normalized spacial score (nSPS) is 11.6. The van der Waals surface area contributed by atoms with Gasteiger partial charge in [0.25, 0.3) is 0 Å². The second-order valence-corrected chi connectivity index (χ2v) is 2.62. The third-order valence-electron chi connectivity index (χ3n) is 1.64. The van der Waals surface area contributed by atoms with Crippen molar-refractivity contribution in [2.24, 2.45) is 5.73 Å². The zero-order valence-corrected chi connectivity index (χ0v) is 7.39. The van der Waals surface area contributed by atoms with E-state index in [2.05, 4.69) is 6.92 Å². The molecule has 0 rings (SSSR count). The summed E-state index contributed by atoms with van der Waals surface area (Å²) in [5.41, 5.74) is 5.81. The predicted octanol–water partition coefficient (Wildman–Crippen LogP) is 2.00. The summed E-state index contributed by atoms with van der Waals surface area (Å²) in [5, 5.41) is 0. The van der Waals surface area contributed by atoms with Crippen LogP contribution >= 0.6 is 0 Å². The molecule has 2 heteroatoms. The number of allylic oxidation sites excluding steroid dienone is 2. The van der Waals surface area contributed by atoms with Gasteiger partial charge in [-0.05, 0) is 13.3 Å². The number of Topliss-reactive ketones (excluding diaryl/α,β-unsaturated/α-hetero) is 1. The molecule has 2 nitrogen and oxygen atoms in total. The molecule has 0 aliphatic rings. The molecule has 0 unspecified atom stereocenters. The Hall–Kier alpha value is -0.790. The van der Waals surface area contributed by atoms with E-state index in [4.69, 9.17) is 5.73 Å². The van der Waals surface area contributed by atoms with E-state index in [1.54, 1.807) is 13.0 Å². The summed E-state index contributed by atoms with van der Waals surface area (Å²) in [6.07, 6.45) is 5.48. The fraction of sp³-hybridized carbons (Fsp3) is 0.667. The van der Waals surface area contributed by atoms with Crippen molar-refractivity contribution in [1.29, 1.82) is 0 Å². The second-order valence-electron chi connectivity index (χ2n) is 2.62. The Kier molecular flexibility index (Phi) is 5.53. The van der Waals surface area contributed by atoms with Crippen molar-refractivity contribution in [2.45, 2.75) is 39.5 Å². The maximum atomic E-state index is 11.1. The van der Waals surface area contributed by atoms with Crippen molar-refractivity contribution in [1.82, 2.24) is 0 Å². The van der Waals surface area contributed by atoms with E-state index in [1.165, 1.54) is 0 Å². The summed E-state index contributed by atoms with van der Waals surface area (Å²) < 4.78 is 0. The van der Waals surface area contributed by atoms with Gasteiger partial charge in [0.1, 0.15) is 0 Å². The molecule has 0 saturated carbocycles. The zero-order chi connectivity index (χ0) is 8.69. The Bertz CT molecular complexity index is 150. The van der Waals surface area contributed by atoms with Crippen molar-refractivity contribution in [3.63, 3.8) is 0 Å². The largest absolute Gasteiger partial charge is 0.396 e. The van der Waals surface area contributed by atoms with Crippen LogP contribution in [-0.2, 0) is 4.79 Å². The van der Waals surface area contributed by atoms with Crippen molar-refractivity contribution < 1.29 is 4.79 Å². The van der Waals surface area contributed by atoms with Gasteiger partial charge in [0.05, 0.1) is 5.70 Å². The summed E-state index contributed by atoms with van der Waals surface area (Å²) in [7, 11) is 0. The third kappa shape index (κ3) is 4.59. The van der Waals surface area contributed by atoms with Crippen molar-refractivity contribution >= 4 is 5.78 Å². The van der Waals surface area contributed by atoms with Crippen LogP contribution < -0.4 is 5.73 Å². The van der Waals surface area contributed by atoms with E-state index in [0.717, 1.165) is 19.3 Å². The Morgan fingerprint density at radius 3 is 2.55 bits per heavy atom. The molecule has 11 heavy (non-hydrogen) atoms. The highest BCUT2D eigenvalue weighted by molar-refractivity contribution is 5.94. The first kappa shape index (κ1) is 10.2. The summed E-state index contributed by atoms with van der Waals surface area (Å²) in [6, 6.07) is 0. The van der Waals surface area contributed by atoms with Crippen LogP contribution in [0.2, 0.25) is 0 Å². The summed E-state index contributed by atoms with van der Waals surface area (Å²) >= 11 is 0. The Morgan fingerprint density at radius 2 is 2.09 bits per heavy atom. The molecule has 0 bridgehead atoms. The van der Waals surface area contributed by atoms with Crippen molar-refractivity contribution in [3.05, 3.63) is 11.8 Å². The fourth-order valence-electron chi connectivity index (χ4n) is 0.841. The number of hydrogen-bond donors (Lipinski definition) is 1. The monoisotopic (exact) mass is 155 g/mol. The average Bonchev–Trinajstić information content (AvgIpc) is 2.03. The summed E-state index contributed by atoms with van der Waals surface area (Å²) in [5.74, 6) is 0.0842. The van der Waals surface area contributed by atoms with Crippen molar-refractivity contribution in [3.8, 4) is 0 Å². The molecule has 0 aliphatic carbocycles. The molecule has 0 amide bonds. The van der Waals surface area contributed by atoms with Crippen LogP contribution in [0.1, 0.15) is 39.5 Å². The van der Waals surface area contributed by atoms with Gasteiger partial charge in [-0.15, -0.1) is 0 Å². The van der Waals surface area contributed by atoms with Crippen LogP contribution in [-0.4, -0.2) is 5.78 Å². The van der Waals surface area contributed by atoms with Gasteiger partial charge in [0, 0.05) is 6.42 Å². The van der Waals surface area contributed by atoms with Crippen LogP contribution in [0.3, 0.4) is 0 Å². The molecule has 0 heterocycles. The van der Waals surface area contributed by atoms with Gasteiger partial charge >= 0.3 is 0 Å². The predicted molar refractivity (Wildman–Crippen MR) is 47.1 cm³/mol. The lowest BCUT2D eigenvalue weighted by molar-refractivity contribution is -0.115. The van der Waals surface area contributed by atoms with Gasteiger partial charge < -0.3 is 5.73 Å². The molecule has 0 aromatic rings. The molecule has 0 aromatic heterocycles. The van der Waals surface area contributed by atoms with Crippen LogP contribution in [0.15, 0.2) is 11.8 Å². The van der Waals surface area contributed by atoms with Gasteiger partial charge in [-0.25, -0.2) is 0 Å². The average molecular weight is 155 g/mol. The van der Waals surface area contributed by atoms with Gasteiger partial charge in [-0.3, -0.25) is 4.79 Å². The molecule has 0 atom stereocenters. The molecule has 0 saturated heterocycles. The quantitative estimate of drug-likeness (QED) is 0.487. The van der Waals surface area contributed by atoms with Gasteiger partial charge in [-0.1, -0.05) is 25.8 Å². The molecule has 0 aliphatic heterocycles. The molecule has 0 aromatic carbocycles. The minimum Gasteiger partial charge on any atom is -0.396 e. The van der Waals surface area contributed by atoms with Gasteiger partial charge in [0.15, 0.2) is 5.78 Å². The summed E-state index contributed by atoms with van der Waals surface area (Å²) in [6.45, 7) is 3.90. The van der Waals surface area contributed by atoms with Crippen molar-refractivity contribution in [2.75, 3.05) is 0 Å². The molecule has 0 fully saturated rings. The van der Waals surface area contributed by atoms with Crippen LogP contribution in [0.5, 0.6) is 0 Å². The number of carbonyl (C=O) groups excluding carboxylic acids is 1. The first-order valence-electron chi connectivity index (χ1n) is 4.17. The lowest BCUT2D eigenvalue weighted by Crippen LogP contribution is -2.10. The first-order valence-corrected chi connectivity index (χ1v) is 4.17. The second kappa shape index (κ2) is 5.96. The first-order chi connectivity index (χ1) is 5.22. The SMILES string of the molecule is C/C=C(/N)C(=O)CCCCC. The van der Waals surface area contributed by atoms with E-state index >= 15 is 0 Å². The number of unbranched alkanes of at least 4 members (excludes halogenated alkanes) is 2. The topological polar surface area (TPSA) is 43.1 Å². The Labute approximate surface area is 68.5 Å². The standard InChI is InChI=1S/C9H17NO/c1-3-5-6-7-9(11)8(10)4-2/h4H,3,5-7,10H2,1-2H3/b8-4+. The molecular weight excluding hydrogens is 138 g/mol. The number of hydrogen-bond acceptors (Lipinski definition) is 2. The molecule has 64 valence electrons. The molecular formula is C9H17NO. The Balaban J connectivity index is 3.53. The van der Waals surface area contributed by atoms with E-state index in [1.807, 2.05) is 0 Å². The molecule has 2 N–H and O–H groups in total. The van der Waals surface area contributed by atoms with Gasteiger partial charge in [-0.2, -0.15) is 0 Å². The van der Waals surface area contributed by atoms with E-state index in [0.29, 0.717) is 12.1 Å². The highest BCUT2D eigenvalue weighted by Gasteiger charge is 2.02. The van der Waals surface area contributed by atoms with Gasteiger partial charge in [0.2, 0.25) is 0 Å². The fourth-order valence-corrected chi connectivity index (χ4v) is 0.841. The molecule has 0 spiro atoms. The van der Waals surface area contributed by atoms with E-state index in [9.17, 15) is 4.79 Å². The number of nitrogens with two attached hydrogens (primary N) is 1. The third-order valence-corrected chi connectivity index (χ3v) is 1.64. The minimum atomic E-state index is 0.0842. The van der Waals surface area contributed by atoms with Crippen LogP contribution in [0.4, 0.5) is 0 Å². The lowest BCUT2D eigenvalue weighted by Gasteiger charge is -1.98. The van der Waals surface area contributed by atoms with Crippen LogP contribution in [0, 0.1) is 0 Å². The lowest BCUT2D eigenvalue weighted by atomic mass is 10.1. The maximum absolute atomic E-state index is 11.1. The number of ketones is 1. The zero-order valence-electron chi connectivity index (χ0n) is 7.39. The van der Waals surface area contributed by atoms with E-state index < -0.39 is 0 Å². The number of carbonyl (C=O) groups is 1.